The summed E-state index contributed by atoms with van der Waals surface area (Å²) in [4.78, 5) is 30.7. The summed E-state index contributed by atoms with van der Waals surface area (Å²) in [6.45, 7) is 12.1. The van der Waals surface area contributed by atoms with Gasteiger partial charge in [-0.2, -0.15) is 5.10 Å². The first kappa shape index (κ1) is 23.5. The largest absolute Gasteiger partial charge is 0.462 e. The fourth-order valence-corrected chi connectivity index (χ4v) is 4.03. The molecule has 0 saturated heterocycles. The molecular weight excluding hydrogens is 404 g/mol. The number of Topliss-reactive ketones (excluding diaryl/α,β-unsaturated/α-hetero) is 1. The van der Waals surface area contributed by atoms with Gasteiger partial charge in [-0.3, -0.25) is 9.69 Å². The number of carbonyl (C=O) groups excluding carboxylic acids is 2. The second-order valence-electron chi connectivity index (χ2n) is 8.20. The molecule has 0 unspecified atom stereocenters. The molecule has 32 heavy (non-hydrogen) atoms. The summed E-state index contributed by atoms with van der Waals surface area (Å²) < 4.78 is 7.08. The van der Waals surface area contributed by atoms with Crippen molar-refractivity contribution in [3.8, 4) is 5.69 Å². The van der Waals surface area contributed by atoms with Gasteiger partial charge in [-0.05, 0) is 66.3 Å². The van der Waals surface area contributed by atoms with Gasteiger partial charge in [0.15, 0.2) is 5.78 Å². The minimum atomic E-state index is -0.404. The number of ether oxygens (including phenoxy) is 1. The van der Waals surface area contributed by atoms with Crippen LogP contribution in [-0.2, 0) is 11.3 Å². The highest BCUT2D eigenvalue weighted by Crippen LogP contribution is 2.23. The maximum atomic E-state index is 13.3. The molecule has 0 aliphatic heterocycles. The highest BCUT2D eigenvalue weighted by molar-refractivity contribution is 6.03. The summed E-state index contributed by atoms with van der Waals surface area (Å²) in [5, 5.41) is 4.71. The van der Waals surface area contributed by atoms with E-state index in [-0.39, 0.29) is 11.8 Å². The minimum Gasteiger partial charge on any atom is -0.462 e. The Bertz CT molecular complexity index is 1130. The average Bonchev–Trinajstić information content (AvgIpc) is 3.23. The zero-order valence-corrected chi connectivity index (χ0v) is 19.9. The van der Waals surface area contributed by atoms with Gasteiger partial charge in [0, 0.05) is 23.5 Å². The highest BCUT2D eigenvalue weighted by Gasteiger charge is 2.28. The monoisotopic (exact) mass is 436 g/mol. The molecule has 0 aliphatic rings. The van der Waals surface area contributed by atoms with Gasteiger partial charge in [-0.25, -0.2) is 9.48 Å². The molecule has 7 nitrogen and oxygen atoms in total. The molecule has 3 aromatic rings. The Kier molecular flexibility index (Phi) is 6.99. The molecule has 170 valence electrons. The third kappa shape index (κ3) is 4.39. The van der Waals surface area contributed by atoms with Gasteiger partial charge in [0.05, 0.1) is 35.3 Å². The molecule has 3 rings (SSSR count). The summed E-state index contributed by atoms with van der Waals surface area (Å²) in [5.41, 5.74) is 6.29. The van der Waals surface area contributed by atoms with E-state index in [4.69, 9.17) is 9.84 Å². The Morgan fingerprint density at radius 3 is 2.44 bits per heavy atom. The van der Waals surface area contributed by atoms with E-state index >= 15 is 0 Å². The van der Waals surface area contributed by atoms with Gasteiger partial charge >= 0.3 is 5.97 Å². The lowest BCUT2D eigenvalue weighted by molar-refractivity contribution is 0.0525. The molecular formula is C25H32N4O3. The van der Waals surface area contributed by atoms with E-state index in [0.717, 1.165) is 22.6 Å². The van der Waals surface area contributed by atoms with E-state index < -0.39 is 5.97 Å². The van der Waals surface area contributed by atoms with Crippen molar-refractivity contribution in [2.24, 2.45) is 0 Å². The second-order valence-corrected chi connectivity index (χ2v) is 8.20. The average molecular weight is 437 g/mol. The van der Waals surface area contributed by atoms with Crippen LogP contribution in [0, 0.1) is 27.7 Å². The predicted molar refractivity (Wildman–Crippen MR) is 125 cm³/mol. The van der Waals surface area contributed by atoms with Crippen molar-refractivity contribution < 1.29 is 14.3 Å². The van der Waals surface area contributed by atoms with Crippen molar-refractivity contribution in [1.29, 1.82) is 0 Å². The number of carbonyl (C=O) groups is 2. The predicted octanol–water partition coefficient (Wildman–Crippen LogP) is 4.31. The van der Waals surface area contributed by atoms with Gasteiger partial charge in [0.2, 0.25) is 0 Å². The highest BCUT2D eigenvalue weighted by atomic mass is 16.5. The number of H-pyrrole nitrogens is 1. The first-order valence-corrected chi connectivity index (χ1v) is 10.9. The third-order valence-electron chi connectivity index (χ3n) is 6.05. The maximum Gasteiger partial charge on any atom is 0.340 e. The summed E-state index contributed by atoms with van der Waals surface area (Å²) >= 11 is 0. The zero-order chi connectivity index (χ0) is 23.6. The quantitative estimate of drug-likeness (QED) is 0.420. The number of para-hydroxylation sites is 1. The van der Waals surface area contributed by atoms with E-state index in [1.165, 1.54) is 0 Å². The number of ketones is 1. The van der Waals surface area contributed by atoms with Crippen molar-refractivity contribution in [3.05, 3.63) is 69.8 Å². The van der Waals surface area contributed by atoms with Crippen LogP contribution in [0.1, 0.15) is 62.9 Å². The maximum absolute atomic E-state index is 13.3. The molecule has 7 heteroatoms. The number of hydrogen-bond donors (Lipinski definition) is 1. The van der Waals surface area contributed by atoms with Crippen molar-refractivity contribution >= 4 is 11.8 Å². The Morgan fingerprint density at radius 1 is 1.16 bits per heavy atom. The number of aromatic amines is 1. The first-order valence-electron chi connectivity index (χ1n) is 10.9. The molecule has 2 aromatic heterocycles. The fourth-order valence-electron chi connectivity index (χ4n) is 4.03. The van der Waals surface area contributed by atoms with Crippen LogP contribution in [0.5, 0.6) is 0 Å². The molecule has 0 saturated carbocycles. The SMILES string of the molecule is CCOC(=O)c1c(C)[nH]c(C(=O)[C@@H](C)N(C)Cc2c(C)nn(-c3ccccc3)c2C)c1C. The Labute approximate surface area is 189 Å². The Morgan fingerprint density at radius 2 is 1.81 bits per heavy atom. The molecule has 0 radical (unpaired) electrons. The molecule has 0 bridgehead atoms. The van der Waals surface area contributed by atoms with Crippen LogP contribution in [0.15, 0.2) is 30.3 Å². The van der Waals surface area contributed by atoms with Gasteiger partial charge in [0.1, 0.15) is 0 Å². The number of aryl methyl sites for hydroxylation is 2. The number of hydrogen-bond acceptors (Lipinski definition) is 5. The number of benzene rings is 1. The lowest BCUT2D eigenvalue weighted by Crippen LogP contribution is -2.36. The topological polar surface area (TPSA) is 80.2 Å². The number of nitrogens with one attached hydrogen (secondary N) is 1. The van der Waals surface area contributed by atoms with E-state index in [2.05, 4.69) is 4.98 Å². The van der Waals surface area contributed by atoms with Crippen LogP contribution >= 0.6 is 0 Å². The summed E-state index contributed by atoms with van der Waals surface area (Å²) in [5.74, 6) is -0.465. The van der Waals surface area contributed by atoms with Crippen LogP contribution < -0.4 is 0 Å². The summed E-state index contributed by atoms with van der Waals surface area (Å²) in [7, 11) is 1.93. The van der Waals surface area contributed by atoms with E-state index in [1.807, 2.05) is 67.7 Å². The Balaban J connectivity index is 1.82. The minimum absolute atomic E-state index is 0.0607. The zero-order valence-electron chi connectivity index (χ0n) is 19.9. The summed E-state index contributed by atoms with van der Waals surface area (Å²) in [6, 6.07) is 9.62. The molecule has 0 spiro atoms. The summed E-state index contributed by atoms with van der Waals surface area (Å²) in [6.07, 6.45) is 0. The molecule has 1 N–H and O–H groups in total. The van der Waals surface area contributed by atoms with Gasteiger partial charge < -0.3 is 9.72 Å². The molecule has 0 aliphatic carbocycles. The lowest BCUT2D eigenvalue weighted by atomic mass is 10.0. The molecule has 1 atom stereocenters. The smallest absolute Gasteiger partial charge is 0.340 e. The number of rotatable bonds is 8. The van der Waals surface area contributed by atoms with Crippen molar-refractivity contribution in [3.63, 3.8) is 0 Å². The van der Waals surface area contributed by atoms with Crippen LogP contribution in [0.4, 0.5) is 0 Å². The van der Waals surface area contributed by atoms with Gasteiger partial charge in [0.25, 0.3) is 0 Å². The number of likely N-dealkylation sites (N-methyl/N-ethyl adjacent to an activating group) is 1. The van der Waals surface area contributed by atoms with E-state index in [0.29, 0.717) is 35.7 Å². The van der Waals surface area contributed by atoms with E-state index in [1.54, 1.807) is 20.8 Å². The number of esters is 1. The van der Waals surface area contributed by atoms with Crippen molar-refractivity contribution in [1.82, 2.24) is 19.7 Å². The third-order valence-corrected chi connectivity index (χ3v) is 6.05. The number of nitrogens with zero attached hydrogens (tertiary/aromatic N) is 3. The van der Waals surface area contributed by atoms with Crippen LogP contribution in [0.2, 0.25) is 0 Å². The molecule has 0 fully saturated rings. The lowest BCUT2D eigenvalue weighted by Gasteiger charge is -2.23. The second kappa shape index (κ2) is 9.53. The van der Waals surface area contributed by atoms with Crippen molar-refractivity contribution in [2.75, 3.05) is 13.7 Å². The van der Waals surface area contributed by atoms with Gasteiger partial charge in [-0.1, -0.05) is 18.2 Å². The van der Waals surface area contributed by atoms with Gasteiger partial charge in [-0.15, -0.1) is 0 Å². The number of aromatic nitrogens is 3. The van der Waals surface area contributed by atoms with Crippen LogP contribution in [0.25, 0.3) is 5.69 Å². The van der Waals surface area contributed by atoms with Crippen LogP contribution in [0.3, 0.4) is 0 Å². The molecule has 0 amide bonds. The molecule has 2 heterocycles. The first-order chi connectivity index (χ1) is 15.2. The Hall–Kier alpha value is -3.19. The molecule has 1 aromatic carbocycles. The standard InChI is InChI=1S/C25H32N4O3/c1-8-32-25(31)22-15(2)23(26-17(22)4)24(30)19(6)28(7)14-21-16(3)27-29(18(21)5)20-12-10-9-11-13-20/h9-13,19,26H,8,14H2,1-7H3/t19-/m1/s1. The van der Waals surface area contributed by atoms with Crippen molar-refractivity contribution in [2.45, 2.75) is 54.1 Å². The van der Waals surface area contributed by atoms with E-state index in [9.17, 15) is 9.59 Å². The fraction of sp³-hybridized carbons (Fsp3) is 0.400. The normalized spacial score (nSPS) is 12.2. The van der Waals surface area contributed by atoms with Crippen LogP contribution in [-0.4, -0.2) is 51.1 Å².